The average molecular weight is 454 g/mol. The Bertz CT molecular complexity index is 751. The lowest BCUT2D eigenvalue weighted by Gasteiger charge is -2.28. The Morgan fingerprint density at radius 3 is 2.10 bits per heavy atom. The fourth-order valence-corrected chi connectivity index (χ4v) is 5.32. The van der Waals surface area contributed by atoms with Gasteiger partial charge in [-0.15, -0.1) is 0 Å². The molecule has 0 saturated heterocycles. The van der Waals surface area contributed by atoms with Crippen LogP contribution in [-0.2, 0) is 18.8 Å². The van der Waals surface area contributed by atoms with Gasteiger partial charge < -0.3 is 14.0 Å². The van der Waals surface area contributed by atoms with Crippen LogP contribution in [0, 0.1) is 5.92 Å². The van der Waals surface area contributed by atoms with Crippen molar-refractivity contribution >= 4 is 13.5 Å². The highest BCUT2D eigenvalue weighted by atomic mass is 31.2. The molecule has 1 aromatic carbocycles. The number of hydrogen-bond donors (Lipinski definition) is 1. The summed E-state index contributed by atoms with van der Waals surface area (Å²) in [5.74, 6) is 1.16. The minimum atomic E-state index is -3.53. The maximum absolute atomic E-state index is 13.8. The van der Waals surface area contributed by atoms with Gasteiger partial charge in [-0.1, -0.05) is 45.9 Å². The summed E-state index contributed by atoms with van der Waals surface area (Å²) < 4.78 is 30.8. The molecule has 7 heteroatoms. The molecule has 1 fully saturated rings. The number of para-hydroxylation sites is 1. The monoisotopic (exact) mass is 453 g/mol. The molecule has 0 aromatic heterocycles. The summed E-state index contributed by atoms with van der Waals surface area (Å²) in [6.07, 6.45) is 3.78. The minimum absolute atomic E-state index is 0.123. The molecule has 0 radical (unpaired) electrons. The van der Waals surface area contributed by atoms with Crippen LogP contribution in [0.15, 0.2) is 18.2 Å². The fourth-order valence-electron chi connectivity index (χ4n) is 3.60. The third-order valence-electron chi connectivity index (χ3n) is 6.23. The van der Waals surface area contributed by atoms with Gasteiger partial charge in [-0.05, 0) is 68.4 Å². The summed E-state index contributed by atoms with van der Waals surface area (Å²) >= 11 is 0. The molecular formula is C24H40NO5P. The zero-order valence-electron chi connectivity index (χ0n) is 20.1. The lowest BCUT2D eigenvalue weighted by Crippen LogP contribution is -2.37. The standard InChI is InChI=1S/C24H40NO5P/c1-8-16(3)21-11-10-12-22(17(4)9-2)23(21)30-31(27,15-28-7)25-18(5)24(26)29-19(6)20-13-14-20/h10-12,16-20H,8-9,13-15H2,1-7H3,(H,25,27)/t16?,17?,18-,19?,31?/m0/s1. The molecule has 4 unspecified atom stereocenters. The van der Waals surface area contributed by atoms with E-state index in [1.165, 1.54) is 7.11 Å². The SMILES string of the molecule is CCC(C)c1cccc(C(C)CC)c1OP(=O)(COC)N[C@@H](C)C(=O)OC(C)C1CC1. The smallest absolute Gasteiger partial charge is 0.342 e. The van der Waals surface area contributed by atoms with E-state index in [2.05, 4.69) is 32.8 Å². The summed E-state index contributed by atoms with van der Waals surface area (Å²) in [5.41, 5.74) is 2.05. The van der Waals surface area contributed by atoms with Crippen molar-refractivity contribution in [2.75, 3.05) is 13.5 Å². The molecule has 1 N–H and O–H groups in total. The maximum Gasteiger partial charge on any atom is 0.342 e. The van der Waals surface area contributed by atoms with Gasteiger partial charge in [-0.2, -0.15) is 0 Å². The topological polar surface area (TPSA) is 73.9 Å². The zero-order valence-corrected chi connectivity index (χ0v) is 21.0. The first kappa shape index (κ1) is 25.9. The van der Waals surface area contributed by atoms with Crippen molar-refractivity contribution in [3.63, 3.8) is 0 Å². The summed E-state index contributed by atoms with van der Waals surface area (Å²) in [4.78, 5) is 12.6. The van der Waals surface area contributed by atoms with Crippen LogP contribution in [0.1, 0.15) is 90.2 Å². The van der Waals surface area contributed by atoms with Gasteiger partial charge in [-0.3, -0.25) is 9.36 Å². The van der Waals surface area contributed by atoms with E-state index in [1.54, 1.807) is 6.92 Å². The number of rotatable bonds is 13. The first-order chi connectivity index (χ1) is 14.7. The number of benzene rings is 1. The highest BCUT2D eigenvalue weighted by Crippen LogP contribution is 2.49. The van der Waals surface area contributed by atoms with Gasteiger partial charge in [0.25, 0.3) is 0 Å². The Morgan fingerprint density at radius 2 is 1.65 bits per heavy atom. The van der Waals surface area contributed by atoms with Crippen LogP contribution < -0.4 is 9.61 Å². The predicted molar refractivity (Wildman–Crippen MR) is 125 cm³/mol. The number of hydrogen-bond acceptors (Lipinski definition) is 5. The molecule has 176 valence electrons. The molecular weight excluding hydrogens is 413 g/mol. The van der Waals surface area contributed by atoms with Crippen molar-refractivity contribution in [1.29, 1.82) is 0 Å². The fraction of sp³-hybridized carbons (Fsp3) is 0.708. The first-order valence-electron chi connectivity index (χ1n) is 11.5. The highest BCUT2D eigenvalue weighted by Gasteiger charge is 2.35. The van der Waals surface area contributed by atoms with Crippen LogP contribution >= 0.6 is 7.52 Å². The Morgan fingerprint density at radius 1 is 1.10 bits per heavy atom. The van der Waals surface area contributed by atoms with Crippen molar-refractivity contribution in [2.45, 2.75) is 91.2 Å². The molecule has 1 aromatic rings. The van der Waals surface area contributed by atoms with E-state index in [0.717, 1.165) is 36.8 Å². The van der Waals surface area contributed by atoms with Crippen molar-refractivity contribution in [3.05, 3.63) is 29.3 Å². The Kier molecular flexibility index (Phi) is 9.60. The lowest BCUT2D eigenvalue weighted by molar-refractivity contribution is -0.150. The second-order valence-electron chi connectivity index (χ2n) is 8.90. The summed E-state index contributed by atoms with van der Waals surface area (Å²) in [7, 11) is -2.05. The van der Waals surface area contributed by atoms with E-state index >= 15 is 0 Å². The molecule has 1 aliphatic carbocycles. The van der Waals surface area contributed by atoms with Gasteiger partial charge in [0, 0.05) is 7.11 Å². The van der Waals surface area contributed by atoms with E-state index in [4.69, 9.17) is 14.0 Å². The number of methoxy groups -OCH3 is 1. The van der Waals surface area contributed by atoms with Crippen molar-refractivity contribution in [1.82, 2.24) is 5.09 Å². The maximum atomic E-state index is 13.8. The van der Waals surface area contributed by atoms with Gasteiger partial charge in [0.05, 0.1) is 0 Å². The van der Waals surface area contributed by atoms with Gasteiger partial charge in [0.1, 0.15) is 24.2 Å². The van der Waals surface area contributed by atoms with Gasteiger partial charge in [0.15, 0.2) is 0 Å². The molecule has 31 heavy (non-hydrogen) atoms. The molecule has 0 spiro atoms. The number of nitrogens with one attached hydrogen (secondary N) is 1. The number of esters is 1. The van der Waals surface area contributed by atoms with E-state index < -0.39 is 19.5 Å². The van der Waals surface area contributed by atoms with E-state index in [1.807, 2.05) is 25.1 Å². The number of carbonyl (C=O) groups excluding carboxylic acids is 1. The summed E-state index contributed by atoms with van der Waals surface area (Å²) in [5, 5.41) is 2.91. The van der Waals surface area contributed by atoms with Gasteiger partial charge in [-0.25, -0.2) is 5.09 Å². The van der Waals surface area contributed by atoms with Crippen molar-refractivity contribution in [2.24, 2.45) is 5.92 Å². The number of ether oxygens (including phenoxy) is 2. The Hall–Kier alpha value is -1.36. The quantitative estimate of drug-likeness (QED) is 0.283. The predicted octanol–water partition coefficient (Wildman–Crippen LogP) is 6.21. The van der Waals surface area contributed by atoms with E-state index in [9.17, 15) is 9.36 Å². The van der Waals surface area contributed by atoms with E-state index in [-0.39, 0.29) is 24.3 Å². The Balaban J connectivity index is 2.29. The third-order valence-corrected chi connectivity index (χ3v) is 8.09. The van der Waals surface area contributed by atoms with E-state index in [0.29, 0.717) is 11.7 Å². The molecule has 0 heterocycles. The molecule has 1 saturated carbocycles. The molecule has 0 bridgehead atoms. The van der Waals surface area contributed by atoms with Crippen LogP contribution in [-0.4, -0.2) is 31.6 Å². The minimum Gasteiger partial charge on any atom is -0.461 e. The largest absolute Gasteiger partial charge is 0.461 e. The van der Waals surface area contributed by atoms with Crippen LogP contribution in [0.3, 0.4) is 0 Å². The Labute approximate surface area is 187 Å². The molecule has 0 amide bonds. The van der Waals surface area contributed by atoms with Crippen LogP contribution in [0.5, 0.6) is 5.75 Å². The normalized spacial score (nSPS) is 19.7. The van der Waals surface area contributed by atoms with Gasteiger partial charge >= 0.3 is 13.5 Å². The second kappa shape index (κ2) is 11.5. The molecule has 2 rings (SSSR count). The number of carbonyl (C=O) groups is 1. The average Bonchev–Trinajstić information content (AvgIpc) is 3.58. The summed E-state index contributed by atoms with van der Waals surface area (Å²) in [6, 6.07) is 5.32. The first-order valence-corrected chi connectivity index (χ1v) is 13.3. The van der Waals surface area contributed by atoms with Crippen LogP contribution in [0.4, 0.5) is 0 Å². The molecule has 5 atom stereocenters. The highest BCUT2D eigenvalue weighted by molar-refractivity contribution is 7.57. The molecule has 1 aliphatic rings. The third kappa shape index (κ3) is 7.06. The molecule has 0 aliphatic heterocycles. The van der Waals surface area contributed by atoms with Crippen molar-refractivity contribution < 1.29 is 23.4 Å². The van der Waals surface area contributed by atoms with Crippen LogP contribution in [0.25, 0.3) is 0 Å². The molecule has 6 nitrogen and oxygen atoms in total. The van der Waals surface area contributed by atoms with Crippen molar-refractivity contribution in [3.8, 4) is 5.75 Å². The van der Waals surface area contributed by atoms with Gasteiger partial charge in [0.2, 0.25) is 0 Å². The lowest BCUT2D eigenvalue weighted by atomic mass is 9.90. The second-order valence-corrected chi connectivity index (χ2v) is 10.9. The zero-order chi connectivity index (χ0) is 23.2. The summed E-state index contributed by atoms with van der Waals surface area (Å²) in [6.45, 7) is 12.1. The van der Waals surface area contributed by atoms with Crippen LogP contribution in [0.2, 0.25) is 0 Å².